The molecule has 0 saturated heterocycles. The van der Waals surface area contributed by atoms with Crippen molar-refractivity contribution < 1.29 is 0 Å². The number of benzene rings is 1. The summed E-state index contributed by atoms with van der Waals surface area (Å²) in [5.41, 5.74) is 2.29. The number of hydrogen-bond acceptors (Lipinski definition) is 2. The minimum Gasteiger partial charge on any atom is -0.314 e. The smallest absolute Gasteiger partial charge is 0.314 e. The number of nitrogens with one attached hydrogen (secondary N) is 1. The van der Waals surface area contributed by atoms with Crippen LogP contribution in [-0.2, 0) is 0 Å². The van der Waals surface area contributed by atoms with E-state index >= 15 is 0 Å². The van der Waals surface area contributed by atoms with Gasteiger partial charge >= 0.3 is 5.69 Å². The van der Waals surface area contributed by atoms with Gasteiger partial charge in [-0.15, -0.1) is 0 Å². The second-order valence-corrected chi connectivity index (χ2v) is 3.50. The maximum atomic E-state index is 11.5. The van der Waals surface area contributed by atoms with Gasteiger partial charge in [0.1, 0.15) is 5.65 Å². The predicted molar refractivity (Wildman–Crippen MR) is 61.2 cm³/mol. The lowest BCUT2D eigenvalue weighted by Crippen LogP contribution is -2.13. The fourth-order valence-corrected chi connectivity index (χ4v) is 1.68. The molecule has 0 unspecified atom stereocenters. The van der Waals surface area contributed by atoms with Crippen LogP contribution >= 0.6 is 0 Å². The van der Waals surface area contributed by atoms with Gasteiger partial charge in [0.05, 0.1) is 5.69 Å². The number of nitrogens with zero attached hydrogens (tertiary/aromatic N) is 2. The molecule has 0 aliphatic carbocycles. The van der Waals surface area contributed by atoms with Crippen LogP contribution < -0.4 is 5.69 Å². The summed E-state index contributed by atoms with van der Waals surface area (Å²) in [7, 11) is 0. The molecule has 1 aromatic carbocycles. The van der Waals surface area contributed by atoms with E-state index in [0.29, 0.717) is 5.65 Å². The van der Waals surface area contributed by atoms with Gasteiger partial charge in [-0.2, -0.15) is 0 Å². The van der Waals surface area contributed by atoms with Gasteiger partial charge in [-0.3, -0.25) is 4.40 Å². The molecule has 3 rings (SSSR count). The lowest BCUT2D eigenvalue weighted by molar-refractivity contribution is 1.00. The normalized spacial score (nSPS) is 10.8. The van der Waals surface area contributed by atoms with Crippen LogP contribution in [0.1, 0.15) is 0 Å². The Morgan fingerprint density at radius 1 is 1.12 bits per heavy atom. The number of fused-ring (bicyclic) bond motifs is 1. The van der Waals surface area contributed by atoms with E-state index in [0.717, 1.165) is 11.3 Å². The van der Waals surface area contributed by atoms with Crippen molar-refractivity contribution in [3.63, 3.8) is 0 Å². The summed E-state index contributed by atoms with van der Waals surface area (Å²) in [5, 5.41) is 0. The van der Waals surface area contributed by atoms with Crippen molar-refractivity contribution in [2.45, 2.75) is 0 Å². The molecular formula is C12H9N3O. The molecule has 4 nitrogen and oxygen atoms in total. The van der Waals surface area contributed by atoms with Gasteiger partial charge in [-0.25, -0.2) is 9.78 Å². The van der Waals surface area contributed by atoms with E-state index in [-0.39, 0.29) is 5.69 Å². The van der Waals surface area contributed by atoms with Crippen molar-refractivity contribution in [3.05, 3.63) is 59.3 Å². The van der Waals surface area contributed by atoms with Crippen LogP contribution in [0.2, 0.25) is 0 Å². The van der Waals surface area contributed by atoms with E-state index in [1.165, 1.54) is 4.40 Å². The molecule has 2 aromatic heterocycles. The molecule has 1 N–H and O–H groups in total. The Hall–Kier alpha value is -2.36. The molecule has 0 spiro atoms. The van der Waals surface area contributed by atoms with Crippen molar-refractivity contribution in [2.24, 2.45) is 0 Å². The van der Waals surface area contributed by atoms with Crippen LogP contribution in [0.15, 0.2) is 53.6 Å². The first kappa shape index (κ1) is 8.91. The van der Waals surface area contributed by atoms with Crippen LogP contribution in [0.25, 0.3) is 16.9 Å². The Balaban J connectivity index is 2.28. The zero-order valence-corrected chi connectivity index (χ0v) is 8.42. The molecule has 0 fully saturated rings. The lowest BCUT2D eigenvalue weighted by atomic mass is 10.2. The van der Waals surface area contributed by atoms with E-state index in [2.05, 4.69) is 9.97 Å². The number of hydrogen-bond donors (Lipinski definition) is 1. The number of imidazole rings is 1. The number of aromatic nitrogens is 3. The van der Waals surface area contributed by atoms with Crippen LogP contribution in [0.5, 0.6) is 0 Å². The first-order chi connectivity index (χ1) is 7.84. The van der Waals surface area contributed by atoms with Crippen molar-refractivity contribution in [3.8, 4) is 11.3 Å². The minimum absolute atomic E-state index is 0.174. The van der Waals surface area contributed by atoms with Crippen LogP contribution in [-0.4, -0.2) is 14.4 Å². The summed E-state index contributed by atoms with van der Waals surface area (Å²) < 4.78 is 1.50. The average Bonchev–Trinajstić information content (AvgIpc) is 2.76. The first-order valence-corrected chi connectivity index (χ1v) is 4.97. The molecule has 78 valence electrons. The highest BCUT2D eigenvalue weighted by Crippen LogP contribution is 2.16. The highest BCUT2D eigenvalue weighted by Gasteiger charge is 2.04. The third-order valence-electron chi connectivity index (χ3n) is 2.46. The Kier molecular flexibility index (Phi) is 1.86. The lowest BCUT2D eigenvalue weighted by Gasteiger charge is -1.92. The quantitative estimate of drug-likeness (QED) is 0.665. The van der Waals surface area contributed by atoms with Crippen LogP contribution in [0.3, 0.4) is 0 Å². The molecule has 0 atom stereocenters. The van der Waals surface area contributed by atoms with E-state index in [9.17, 15) is 4.79 Å². The molecule has 2 heterocycles. The predicted octanol–water partition coefficient (Wildman–Crippen LogP) is 1.69. The summed E-state index contributed by atoms with van der Waals surface area (Å²) in [6.45, 7) is 0. The fraction of sp³-hybridized carbons (Fsp3) is 0. The van der Waals surface area contributed by atoms with Crippen molar-refractivity contribution in [1.29, 1.82) is 0 Å². The monoisotopic (exact) mass is 211 g/mol. The van der Waals surface area contributed by atoms with Crippen LogP contribution in [0.4, 0.5) is 0 Å². The second-order valence-electron chi connectivity index (χ2n) is 3.50. The van der Waals surface area contributed by atoms with Crippen LogP contribution in [0, 0.1) is 0 Å². The molecule has 3 aromatic rings. The zero-order chi connectivity index (χ0) is 11.0. The minimum atomic E-state index is -0.174. The Morgan fingerprint density at radius 2 is 1.94 bits per heavy atom. The molecule has 0 amide bonds. The average molecular weight is 211 g/mol. The summed E-state index contributed by atoms with van der Waals surface area (Å²) in [5.74, 6) is 0. The largest absolute Gasteiger partial charge is 0.331 e. The van der Waals surface area contributed by atoms with Gasteiger partial charge in [0.25, 0.3) is 0 Å². The maximum Gasteiger partial charge on any atom is 0.331 e. The Morgan fingerprint density at radius 3 is 2.69 bits per heavy atom. The summed E-state index contributed by atoms with van der Waals surface area (Å²) >= 11 is 0. The van der Waals surface area contributed by atoms with Crippen molar-refractivity contribution in [1.82, 2.24) is 14.4 Å². The molecule has 0 saturated carbocycles. The molecule has 0 aliphatic rings. The highest BCUT2D eigenvalue weighted by molar-refractivity contribution is 5.62. The molecular weight excluding hydrogens is 202 g/mol. The molecule has 0 radical (unpaired) electrons. The third kappa shape index (κ3) is 1.32. The van der Waals surface area contributed by atoms with Gasteiger partial charge in [0, 0.05) is 18.0 Å². The first-order valence-electron chi connectivity index (χ1n) is 4.97. The Labute approximate surface area is 91.2 Å². The van der Waals surface area contributed by atoms with E-state index in [1.807, 2.05) is 30.3 Å². The van der Waals surface area contributed by atoms with E-state index in [1.54, 1.807) is 18.5 Å². The van der Waals surface area contributed by atoms with Crippen molar-refractivity contribution >= 4 is 5.65 Å². The summed E-state index contributed by atoms with van der Waals surface area (Å²) in [6.07, 6.45) is 3.34. The highest BCUT2D eigenvalue weighted by atomic mass is 16.1. The van der Waals surface area contributed by atoms with Gasteiger partial charge in [-0.05, 0) is 6.07 Å². The summed E-state index contributed by atoms with van der Waals surface area (Å²) in [6, 6.07) is 11.6. The third-order valence-corrected chi connectivity index (χ3v) is 2.46. The SMILES string of the molecule is O=c1[nH]ccc2nc(-c3ccccc3)cn12. The van der Waals surface area contributed by atoms with E-state index < -0.39 is 0 Å². The van der Waals surface area contributed by atoms with Crippen molar-refractivity contribution in [2.75, 3.05) is 0 Å². The van der Waals surface area contributed by atoms with Gasteiger partial charge < -0.3 is 4.98 Å². The summed E-state index contributed by atoms with van der Waals surface area (Å²) in [4.78, 5) is 18.5. The zero-order valence-electron chi connectivity index (χ0n) is 8.42. The fourth-order valence-electron chi connectivity index (χ4n) is 1.68. The van der Waals surface area contributed by atoms with Gasteiger partial charge in [0.15, 0.2) is 0 Å². The van der Waals surface area contributed by atoms with E-state index in [4.69, 9.17) is 0 Å². The molecule has 0 bridgehead atoms. The Bertz CT molecular complexity index is 682. The molecule has 16 heavy (non-hydrogen) atoms. The standard InChI is InChI=1S/C12H9N3O/c16-12-13-7-6-11-14-10(8-15(11)12)9-4-2-1-3-5-9/h1-8H,(H,13,16). The van der Waals surface area contributed by atoms with Gasteiger partial charge in [-0.1, -0.05) is 30.3 Å². The molecule has 0 aliphatic heterocycles. The topological polar surface area (TPSA) is 50.2 Å². The second kappa shape index (κ2) is 3.34. The molecule has 4 heteroatoms. The number of aromatic amines is 1. The maximum absolute atomic E-state index is 11.5. The number of H-pyrrole nitrogens is 1. The van der Waals surface area contributed by atoms with Gasteiger partial charge in [0.2, 0.25) is 0 Å². The number of rotatable bonds is 1.